The summed E-state index contributed by atoms with van der Waals surface area (Å²) in [5.41, 5.74) is 0. The topological polar surface area (TPSA) is 12.0 Å². The molecule has 0 bridgehead atoms. The number of alkyl halides is 1. The Morgan fingerprint density at radius 1 is 0.941 bits per heavy atom. The number of hydrogen-bond donors (Lipinski definition) is 1. The fourth-order valence-electron chi connectivity index (χ4n) is 2.69. The van der Waals surface area contributed by atoms with Gasteiger partial charge in [-0.15, -0.1) is 11.6 Å². The average Bonchev–Trinajstić information content (AvgIpc) is 2.53. The molecule has 0 saturated heterocycles. The van der Waals surface area contributed by atoms with Crippen LogP contribution >= 0.6 is 11.6 Å². The molecule has 2 atom stereocenters. The van der Waals surface area contributed by atoms with E-state index in [0.717, 1.165) is 0 Å². The summed E-state index contributed by atoms with van der Waals surface area (Å²) in [4.78, 5) is 0. The highest BCUT2D eigenvalue weighted by molar-refractivity contribution is 6.21. The van der Waals surface area contributed by atoms with Gasteiger partial charge in [-0.25, -0.2) is 0 Å². The second-order valence-corrected chi connectivity index (χ2v) is 6.04. The van der Waals surface area contributed by atoms with E-state index in [-0.39, 0.29) is 0 Å². The highest BCUT2D eigenvalue weighted by Crippen LogP contribution is 2.22. The molecule has 0 spiro atoms. The van der Waals surface area contributed by atoms with Crippen molar-refractivity contribution in [2.75, 3.05) is 6.54 Å². The van der Waals surface area contributed by atoms with Crippen molar-refractivity contribution in [3.63, 3.8) is 0 Å². The molecule has 1 aliphatic carbocycles. The highest BCUT2D eigenvalue weighted by Gasteiger charge is 2.20. The molecule has 2 heteroatoms. The zero-order chi connectivity index (χ0) is 12.3. The number of hydrogen-bond acceptors (Lipinski definition) is 1. The molecule has 0 aliphatic heterocycles. The Balaban J connectivity index is 1.97. The molecule has 1 aliphatic rings. The molecule has 0 aromatic heterocycles. The van der Waals surface area contributed by atoms with Crippen LogP contribution in [0.25, 0.3) is 0 Å². The third kappa shape index (κ3) is 7.31. The van der Waals surface area contributed by atoms with Crippen molar-refractivity contribution in [3.05, 3.63) is 0 Å². The minimum atomic E-state index is 0.373. The van der Waals surface area contributed by atoms with Crippen molar-refractivity contribution in [2.45, 2.75) is 89.0 Å². The van der Waals surface area contributed by atoms with Gasteiger partial charge in [-0.05, 0) is 25.8 Å². The first-order chi connectivity index (χ1) is 8.34. The standard InChI is InChI=1S/C15H30ClN/c1-2-3-4-5-6-10-13-17-15-12-9-7-8-11-14(15)16/h14-15,17H,2-13H2,1H3. The highest BCUT2D eigenvalue weighted by atomic mass is 35.5. The van der Waals surface area contributed by atoms with Gasteiger partial charge >= 0.3 is 0 Å². The third-order valence-electron chi connectivity index (χ3n) is 3.87. The quantitative estimate of drug-likeness (QED) is 0.372. The molecular formula is C15H30ClN. The molecule has 0 aromatic carbocycles. The van der Waals surface area contributed by atoms with Crippen LogP contribution in [0.4, 0.5) is 0 Å². The predicted molar refractivity (Wildman–Crippen MR) is 77.9 cm³/mol. The largest absolute Gasteiger partial charge is 0.313 e. The summed E-state index contributed by atoms with van der Waals surface area (Å²) in [6.07, 6.45) is 14.8. The van der Waals surface area contributed by atoms with Crippen LogP contribution in [-0.4, -0.2) is 18.0 Å². The van der Waals surface area contributed by atoms with Crippen LogP contribution in [0.2, 0.25) is 0 Å². The maximum absolute atomic E-state index is 6.41. The molecule has 0 heterocycles. The Kier molecular flexibility index (Phi) is 9.18. The lowest BCUT2D eigenvalue weighted by Crippen LogP contribution is -2.36. The first kappa shape index (κ1) is 15.3. The van der Waals surface area contributed by atoms with Crippen LogP contribution in [0.1, 0.15) is 77.6 Å². The summed E-state index contributed by atoms with van der Waals surface area (Å²) >= 11 is 6.41. The molecule has 0 aromatic rings. The van der Waals surface area contributed by atoms with E-state index in [2.05, 4.69) is 12.2 Å². The summed E-state index contributed by atoms with van der Waals surface area (Å²) in [6.45, 7) is 3.44. The molecule has 1 rings (SSSR count). The number of unbranched alkanes of at least 4 members (excludes halogenated alkanes) is 5. The number of halogens is 1. The van der Waals surface area contributed by atoms with Crippen LogP contribution in [0.15, 0.2) is 0 Å². The van der Waals surface area contributed by atoms with Gasteiger partial charge in [0.05, 0.1) is 0 Å². The number of nitrogens with one attached hydrogen (secondary N) is 1. The van der Waals surface area contributed by atoms with Gasteiger partial charge in [0.2, 0.25) is 0 Å². The Bertz CT molecular complexity index is 172. The van der Waals surface area contributed by atoms with Gasteiger partial charge in [-0.2, -0.15) is 0 Å². The fraction of sp³-hybridized carbons (Fsp3) is 1.00. The molecule has 1 saturated carbocycles. The Morgan fingerprint density at radius 3 is 2.47 bits per heavy atom. The van der Waals surface area contributed by atoms with Crippen LogP contribution in [0.3, 0.4) is 0 Å². The zero-order valence-corrected chi connectivity index (χ0v) is 12.3. The smallest absolute Gasteiger partial charge is 0.0489 e. The summed E-state index contributed by atoms with van der Waals surface area (Å²) in [7, 11) is 0. The first-order valence-electron chi connectivity index (χ1n) is 7.72. The van der Waals surface area contributed by atoms with E-state index in [1.54, 1.807) is 0 Å². The Morgan fingerprint density at radius 2 is 1.65 bits per heavy atom. The van der Waals surface area contributed by atoms with Crippen LogP contribution in [-0.2, 0) is 0 Å². The van der Waals surface area contributed by atoms with E-state index >= 15 is 0 Å². The molecule has 0 radical (unpaired) electrons. The van der Waals surface area contributed by atoms with E-state index in [9.17, 15) is 0 Å². The van der Waals surface area contributed by atoms with Crippen LogP contribution in [0.5, 0.6) is 0 Å². The van der Waals surface area contributed by atoms with Crippen LogP contribution in [0, 0.1) is 0 Å². The van der Waals surface area contributed by atoms with Crippen LogP contribution < -0.4 is 5.32 Å². The molecule has 2 unspecified atom stereocenters. The first-order valence-corrected chi connectivity index (χ1v) is 8.15. The lowest BCUT2D eigenvalue weighted by atomic mass is 10.1. The van der Waals surface area contributed by atoms with Gasteiger partial charge in [0, 0.05) is 11.4 Å². The third-order valence-corrected chi connectivity index (χ3v) is 4.39. The van der Waals surface area contributed by atoms with Gasteiger partial charge in [0.25, 0.3) is 0 Å². The molecule has 102 valence electrons. The minimum Gasteiger partial charge on any atom is -0.313 e. The van der Waals surface area contributed by atoms with Gasteiger partial charge < -0.3 is 5.32 Å². The molecule has 1 nitrogen and oxygen atoms in total. The summed E-state index contributed by atoms with van der Waals surface area (Å²) in [5.74, 6) is 0. The zero-order valence-electron chi connectivity index (χ0n) is 11.5. The van der Waals surface area contributed by atoms with Crippen molar-refractivity contribution < 1.29 is 0 Å². The van der Waals surface area contributed by atoms with Gasteiger partial charge in [-0.3, -0.25) is 0 Å². The van der Waals surface area contributed by atoms with Crippen molar-refractivity contribution in [1.29, 1.82) is 0 Å². The van der Waals surface area contributed by atoms with E-state index < -0.39 is 0 Å². The molecule has 0 amide bonds. The van der Waals surface area contributed by atoms with E-state index in [1.807, 2.05) is 0 Å². The van der Waals surface area contributed by atoms with Crippen molar-refractivity contribution in [2.24, 2.45) is 0 Å². The van der Waals surface area contributed by atoms with Crippen molar-refractivity contribution in [1.82, 2.24) is 5.32 Å². The monoisotopic (exact) mass is 259 g/mol. The lowest BCUT2D eigenvalue weighted by Gasteiger charge is -2.21. The number of rotatable bonds is 8. The minimum absolute atomic E-state index is 0.373. The van der Waals surface area contributed by atoms with E-state index in [0.29, 0.717) is 11.4 Å². The van der Waals surface area contributed by atoms with Gasteiger partial charge in [0.1, 0.15) is 0 Å². The van der Waals surface area contributed by atoms with Crippen molar-refractivity contribution >= 4 is 11.6 Å². The van der Waals surface area contributed by atoms with Gasteiger partial charge in [-0.1, -0.05) is 58.3 Å². The normalized spacial score (nSPS) is 25.8. The molecular weight excluding hydrogens is 230 g/mol. The fourth-order valence-corrected chi connectivity index (χ4v) is 3.05. The van der Waals surface area contributed by atoms with E-state index in [4.69, 9.17) is 11.6 Å². The summed E-state index contributed by atoms with van der Waals surface area (Å²) in [6, 6.07) is 0.579. The Labute approximate surface area is 113 Å². The average molecular weight is 260 g/mol. The lowest BCUT2D eigenvalue weighted by molar-refractivity contribution is 0.452. The maximum atomic E-state index is 6.41. The van der Waals surface area contributed by atoms with Crippen molar-refractivity contribution in [3.8, 4) is 0 Å². The molecule has 1 N–H and O–H groups in total. The Hall–Kier alpha value is 0.250. The SMILES string of the molecule is CCCCCCCCNC1CCCCCC1Cl. The molecule has 1 fully saturated rings. The second-order valence-electron chi connectivity index (χ2n) is 5.48. The summed E-state index contributed by atoms with van der Waals surface area (Å²) < 4.78 is 0. The second kappa shape index (κ2) is 10.2. The maximum Gasteiger partial charge on any atom is 0.0489 e. The molecule has 17 heavy (non-hydrogen) atoms. The van der Waals surface area contributed by atoms with E-state index in [1.165, 1.54) is 77.2 Å². The predicted octanol–water partition coefficient (Wildman–Crippen LogP) is 4.88. The summed E-state index contributed by atoms with van der Waals surface area (Å²) in [5, 5.41) is 4.04. The van der Waals surface area contributed by atoms with Gasteiger partial charge in [0.15, 0.2) is 0 Å².